The van der Waals surface area contributed by atoms with Crippen molar-refractivity contribution in [3.05, 3.63) is 51.5 Å². The minimum Gasteiger partial charge on any atom is -0.510 e. The van der Waals surface area contributed by atoms with Crippen molar-refractivity contribution in [2.75, 3.05) is 14.1 Å². The molecule has 37 heavy (non-hydrogen) atoms. The van der Waals surface area contributed by atoms with Gasteiger partial charge in [-0.25, -0.2) is 10.2 Å². The standard InChI is InChI=1S/C24H27N5O8/c1-8(27-28-23(26)36)10-4-5-13(30)15-11(10)6-9-7-12-17(29(2)3)19(32)16(22(25)35)21(34)24(12,37)20(33)14(9)18(15)31/h4-5,9,12,17,30,32-33,37H,6-7H2,1-3H3,(H2,25,35)(H3,26,28,36)/b27-8-/t9-,12-,17?,24-/m1/s1. The molecule has 0 fully saturated rings. The fraction of sp³-hybridized carbons (Fsp3) is 0.375. The van der Waals surface area contributed by atoms with Gasteiger partial charge in [0, 0.05) is 17.1 Å². The largest absolute Gasteiger partial charge is 0.510 e. The van der Waals surface area contributed by atoms with Gasteiger partial charge in [-0.3, -0.25) is 19.3 Å². The van der Waals surface area contributed by atoms with E-state index in [0.29, 0.717) is 11.1 Å². The molecule has 0 saturated carbocycles. The van der Waals surface area contributed by atoms with Crippen LogP contribution in [0.5, 0.6) is 5.75 Å². The van der Waals surface area contributed by atoms with E-state index in [1.54, 1.807) is 21.0 Å². The number of nitrogens with two attached hydrogens (primary N) is 2. The normalized spacial score (nSPS) is 27.6. The molecule has 3 aliphatic carbocycles. The average Bonchev–Trinajstić information content (AvgIpc) is 2.79. The second-order valence-corrected chi connectivity index (χ2v) is 9.62. The van der Waals surface area contributed by atoms with E-state index in [4.69, 9.17) is 11.5 Å². The number of Topliss-reactive ketones (excluding diaryl/α,β-unsaturated/α-hetero) is 2. The van der Waals surface area contributed by atoms with Gasteiger partial charge in [-0.05, 0) is 57.5 Å². The molecule has 1 aromatic rings. The van der Waals surface area contributed by atoms with Gasteiger partial charge in [-0.15, -0.1) is 0 Å². The first kappa shape index (κ1) is 25.9. The molecule has 3 aliphatic rings. The number of aliphatic hydroxyl groups is 3. The third-order valence-corrected chi connectivity index (χ3v) is 7.33. The van der Waals surface area contributed by atoms with Gasteiger partial charge in [-0.2, -0.15) is 5.10 Å². The topological polar surface area (TPSA) is 229 Å². The molecule has 0 heterocycles. The Morgan fingerprint density at radius 3 is 2.38 bits per heavy atom. The lowest BCUT2D eigenvalue weighted by molar-refractivity contribution is -0.148. The molecule has 13 nitrogen and oxygen atoms in total. The van der Waals surface area contributed by atoms with E-state index in [1.165, 1.54) is 17.0 Å². The summed E-state index contributed by atoms with van der Waals surface area (Å²) in [5.41, 5.74) is 9.59. The number of phenols is 1. The second kappa shape index (κ2) is 8.71. The number of primary amides is 2. The van der Waals surface area contributed by atoms with E-state index < -0.39 is 69.8 Å². The molecule has 0 bridgehead atoms. The van der Waals surface area contributed by atoms with Crippen LogP contribution in [0.4, 0.5) is 4.79 Å². The number of hydrazone groups is 1. The van der Waals surface area contributed by atoms with Crippen LogP contribution in [0.1, 0.15) is 34.8 Å². The Labute approximate surface area is 210 Å². The number of allylic oxidation sites excluding steroid dienone is 1. The highest BCUT2D eigenvalue weighted by atomic mass is 16.3. The number of amides is 3. The predicted octanol–water partition coefficient (Wildman–Crippen LogP) is -0.487. The van der Waals surface area contributed by atoms with E-state index >= 15 is 0 Å². The van der Waals surface area contributed by atoms with Crippen LogP contribution >= 0.6 is 0 Å². The van der Waals surface area contributed by atoms with Crippen LogP contribution in [0.15, 0.2) is 39.9 Å². The Morgan fingerprint density at radius 1 is 1.16 bits per heavy atom. The summed E-state index contributed by atoms with van der Waals surface area (Å²) in [6.45, 7) is 1.56. The van der Waals surface area contributed by atoms with E-state index in [1.807, 2.05) is 0 Å². The van der Waals surface area contributed by atoms with Crippen molar-refractivity contribution in [1.82, 2.24) is 10.3 Å². The summed E-state index contributed by atoms with van der Waals surface area (Å²) >= 11 is 0. The minimum atomic E-state index is -2.71. The number of urea groups is 1. The van der Waals surface area contributed by atoms with Crippen LogP contribution in [0.25, 0.3) is 0 Å². The van der Waals surface area contributed by atoms with Crippen LogP contribution in [0.3, 0.4) is 0 Å². The molecule has 0 aliphatic heterocycles. The number of rotatable bonds is 4. The number of likely N-dealkylation sites (N-methyl/N-ethyl adjacent to an activating group) is 1. The van der Waals surface area contributed by atoms with Crippen molar-refractivity contribution in [3.8, 4) is 5.75 Å². The van der Waals surface area contributed by atoms with E-state index in [-0.39, 0.29) is 29.7 Å². The summed E-state index contributed by atoms with van der Waals surface area (Å²) in [7, 11) is 3.10. The molecule has 13 heteroatoms. The van der Waals surface area contributed by atoms with Crippen molar-refractivity contribution in [2.45, 2.75) is 31.4 Å². The lowest BCUT2D eigenvalue weighted by atomic mass is 9.58. The molecule has 9 N–H and O–H groups in total. The summed E-state index contributed by atoms with van der Waals surface area (Å²) in [5.74, 6) is -7.27. The highest BCUT2D eigenvalue weighted by Crippen LogP contribution is 2.52. The number of phenolic OH excluding ortho intramolecular Hbond substituents is 1. The Bertz CT molecular complexity index is 1360. The zero-order valence-corrected chi connectivity index (χ0v) is 20.3. The molecule has 4 atom stereocenters. The first-order valence-corrected chi connectivity index (χ1v) is 11.3. The summed E-state index contributed by atoms with van der Waals surface area (Å²) in [5, 5.41) is 48.1. The van der Waals surface area contributed by atoms with Crippen LogP contribution in [0, 0.1) is 11.8 Å². The number of aromatic hydroxyl groups is 1. The van der Waals surface area contributed by atoms with E-state index in [0.717, 1.165) is 0 Å². The van der Waals surface area contributed by atoms with Crippen molar-refractivity contribution in [3.63, 3.8) is 0 Å². The van der Waals surface area contributed by atoms with Gasteiger partial charge < -0.3 is 31.9 Å². The quantitative estimate of drug-likeness (QED) is 0.156. The zero-order chi connectivity index (χ0) is 27.6. The van der Waals surface area contributed by atoms with E-state index in [9.17, 15) is 39.6 Å². The van der Waals surface area contributed by atoms with Gasteiger partial charge in [0.15, 0.2) is 11.4 Å². The molecule has 0 saturated heterocycles. The maximum absolute atomic E-state index is 13.6. The monoisotopic (exact) mass is 513 g/mol. The van der Waals surface area contributed by atoms with E-state index in [2.05, 4.69) is 10.5 Å². The lowest BCUT2D eigenvalue weighted by Crippen LogP contribution is -2.63. The highest BCUT2D eigenvalue weighted by molar-refractivity contribution is 6.25. The number of carbonyl (C=O) groups excluding carboxylic acids is 4. The molecule has 0 aromatic heterocycles. The predicted molar refractivity (Wildman–Crippen MR) is 129 cm³/mol. The fourth-order valence-electron chi connectivity index (χ4n) is 5.79. The fourth-order valence-corrected chi connectivity index (χ4v) is 5.79. The first-order chi connectivity index (χ1) is 17.2. The molecule has 0 radical (unpaired) electrons. The third-order valence-electron chi connectivity index (χ3n) is 7.33. The Kier molecular flexibility index (Phi) is 6.08. The Balaban J connectivity index is 1.93. The van der Waals surface area contributed by atoms with Gasteiger partial charge in [0.2, 0.25) is 5.78 Å². The number of fused-ring (bicyclic) bond motifs is 3. The Morgan fingerprint density at radius 2 is 1.81 bits per heavy atom. The SMILES string of the molecule is C/C(=N/NC(N)=O)c1ccc(O)c2c1C[C@@H]1C[C@@H]3C(N(C)C)C(O)=C(C(N)=O)C(=O)[C@]3(O)C(O)=C1C2=O. The molecular weight excluding hydrogens is 486 g/mol. The number of carbonyl (C=O) groups is 4. The van der Waals surface area contributed by atoms with Gasteiger partial charge in [0.05, 0.1) is 17.3 Å². The summed E-state index contributed by atoms with van der Waals surface area (Å²) < 4.78 is 0. The molecule has 0 spiro atoms. The maximum Gasteiger partial charge on any atom is 0.332 e. The molecule has 4 rings (SSSR count). The number of nitrogens with one attached hydrogen (secondary N) is 1. The molecule has 3 amide bonds. The van der Waals surface area contributed by atoms with Crippen molar-refractivity contribution in [2.24, 2.45) is 28.4 Å². The summed E-state index contributed by atoms with van der Waals surface area (Å²) in [6, 6.07) is 0.770. The van der Waals surface area contributed by atoms with Crippen LogP contribution in [-0.2, 0) is 16.0 Å². The van der Waals surface area contributed by atoms with Crippen molar-refractivity contribution in [1.29, 1.82) is 0 Å². The molecule has 1 unspecified atom stereocenters. The van der Waals surface area contributed by atoms with Gasteiger partial charge >= 0.3 is 6.03 Å². The second-order valence-electron chi connectivity index (χ2n) is 9.62. The van der Waals surface area contributed by atoms with Crippen LogP contribution in [-0.4, -0.2) is 80.3 Å². The summed E-state index contributed by atoms with van der Waals surface area (Å²) in [6.07, 6.45) is 0.0400. The van der Waals surface area contributed by atoms with Crippen LogP contribution < -0.4 is 16.9 Å². The summed E-state index contributed by atoms with van der Waals surface area (Å²) in [4.78, 5) is 51.5. The van der Waals surface area contributed by atoms with Gasteiger partial charge in [0.1, 0.15) is 22.8 Å². The van der Waals surface area contributed by atoms with Gasteiger partial charge in [0.25, 0.3) is 5.91 Å². The number of nitrogens with zero attached hydrogens (tertiary/aromatic N) is 2. The number of hydrogen-bond acceptors (Lipinski definition) is 10. The molecule has 1 aromatic carbocycles. The van der Waals surface area contributed by atoms with Gasteiger partial charge in [-0.1, -0.05) is 0 Å². The first-order valence-electron chi connectivity index (χ1n) is 11.3. The minimum absolute atomic E-state index is 0.0451. The lowest BCUT2D eigenvalue weighted by Gasteiger charge is -2.50. The number of hydrogen-bond donors (Lipinski definition) is 7. The number of benzene rings is 1. The third kappa shape index (κ3) is 3.65. The molecule has 196 valence electrons. The zero-order valence-electron chi connectivity index (χ0n) is 20.3. The number of aliphatic hydroxyl groups excluding tert-OH is 2. The average molecular weight is 514 g/mol. The molecular formula is C24H27N5O8. The van der Waals surface area contributed by atoms with Crippen molar-refractivity contribution >= 4 is 29.2 Å². The van der Waals surface area contributed by atoms with Crippen LogP contribution in [0.2, 0.25) is 0 Å². The maximum atomic E-state index is 13.6. The number of ketones is 2. The highest BCUT2D eigenvalue weighted by Gasteiger charge is 2.63. The smallest absolute Gasteiger partial charge is 0.332 e. The van der Waals surface area contributed by atoms with Crippen molar-refractivity contribution < 1.29 is 39.6 Å². The Hall–Kier alpha value is -4.23.